The van der Waals surface area contributed by atoms with Crippen molar-refractivity contribution < 1.29 is 24.2 Å². The van der Waals surface area contributed by atoms with Crippen molar-refractivity contribution in [3.8, 4) is 11.5 Å². The van der Waals surface area contributed by atoms with Crippen LogP contribution in [0.15, 0.2) is 42.5 Å². The lowest BCUT2D eigenvalue weighted by molar-refractivity contribution is 0.0600. The lowest BCUT2D eigenvalue weighted by atomic mass is 10.1. The first-order valence-electron chi connectivity index (χ1n) is 6.77. The van der Waals surface area contributed by atoms with Gasteiger partial charge in [0, 0.05) is 0 Å². The van der Waals surface area contributed by atoms with Gasteiger partial charge in [-0.25, -0.2) is 9.59 Å². The molecule has 0 atom stereocenters. The molecule has 0 spiro atoms. The van der Waals surface area contributed by atoms with E-state index < -0.39 is 11.9 Å². The number of hydrogen-bond acceptors (Lipinski definition) is 5. The van der Waals surface area contributed by atoms with Crippen molar-refractivity contribution in [2.24, 2.45) is 0 Å². The van der Waals surface area contributed by atoms with E-state index in [0.29, 0.717) is 28.9 Å². The van der Waals surface area contributed by atoms with E-state index in [4.69, 9.17) is 4.74 Å². The Morgan fingerprint density at radius 3 is 2.32 bits per heavy atom. The minimum Gasteiger partial charge on any atom is -0.508 e. The van der Waals surface area contributed by atoms with E-state index in [1.165, 1.54) is 49.6 Å². The Bertz CT molecular complexity index is 689. The molecule has 0 fully saturated rings. The monoisotopic (exact) mass is 300 g/mol. The van der Waals surface area contributed by atoms with Crippen LogP contribution in [0.1, 0.15) is 33.2 Å². The number of phenolic OH excluding ortho intramolecular Hbond substituents is 1. The number of aryl methyl sites for hydroxylation is 1. The summed E-state index contributed by atoms with van der Waals surface area (Å²) in [5, 5.41) is 9.45. The summed E-state index contributed by atoms with van der Waals surface area (Å²) in [4.78, 5) is 23.5. The maximum atomic E-state index is 12.2. The largest absolute Gasteiger partial charge is 0.508 e. The highest BCUT2D eigenvalue weighted by Crippen LogP contribution is 2.20. The third-order valence-corrected chi connectivity index (χ3v) is 3.18. The zero-order chi connectivity index (χ0) is 16.1. The molecule has 0 heterocycles. The van der Waals surface area contributed by atoms with Gasteiger partial charge in [0.1, 0.15) is 11.5 Å². The van der Waals surface area contributed by atoms with E-state index in [9.17, 15) is 14.7 Å². The number of aromatic hydroxyl groups is 1. The molecule has 0 amide bonds. The van der Waals surface area contributed by atoms with Crippen LogP contribution in [0.5, 0.6) is 11.5 Å². The van der Waals surface area contributed by atoms with Crippen molar-refractivity contribution in [2.45, 2.75) is 13.3 Å². The molecule has 5 nitrogen and oxygen atoms in total. The smallest absolute Gasteiger partial charge is 0.343 e. The fourth-order valence-electron chi connectivity index (χ4n) is 2.01. The average molecular weight is 300 g/mol. The van der Waals surface area contributed by atoms with Crippen LogP contribution in [-0.4, -0.2) is 24.2 Å². The van der Waals surface area contributed by atoms with Gasteiger partial charge < -0.3 is 14.6 Å². The maximum Gasteiger partial charge on any atom is 0.343 e. The normalized spacial score (nSPS) is 10.1. The van der Waals surface area contributed by atoms with E-state index >= 15 is 0 Å². The number of ether oxygens (including phenoxy) is 2. The summed E-state index contributed by atoms with van der Waals surface area (Å²) in [5.74, 6) is -0.532. The molecule has 0 aliphatic carbocycles. The van der Waals surface area contributed by atoms with E-state index in [0.717, 1.165) is 0 Å². The summed E-state index contributed by atoms with van der Waals surface area (Å²) in [6.45, 7) is 1.89. The van der Waals surface area contributed by atoms with Gasteiger partial charge in [-0.1, -0.05) is 6.92 Å². The number of carbonyl (C=O) groups is 2. The highest BCUT2D eigenvalue weighted by atomic mass is 16.5. The summed E-state index contributed by atoms with van der Waals surface area (Å²) in [6, 6.07) is 10.6. The highest BCUT2D eigenvalue weighted by molar-refractivity contribution is 5.93. The van der Waals surface area contributed by atoms with Crippen molar-refractivity contribution in [2.75, 3.05) is 7.11 Å². The van der Waals surface area contributed by atoms with Gasteiger partial charge in [0.15, 0.2) is 0 Å². The molecule has 0 aliphatic rings. The standard InChI is InChI=1S/C17H16O5/c1-3-11-10-13(18)6-9-15(11)17(20)22-14-7-4-12(5-8-14)16(19)21-2/h4-10,18H,3H2,1-2H3. The van der Waals surface area contributed by atoms with E-state index in [2.05, 4.69) is 4.74 Å². The molecule has 0 saturated heterocycles. The summed E-state index contributed by atoms with van der Waals surface area (Å²) >= 11 is 0. The Kier molecular flexibility index (Phi) is 4.78. The SMILES string of the molecule is CCc1cc(O)ccc1C(=O)Oc1ccc(C(=O)OC)cc1. The highest BCUT2D eigenvalue weighted by Gasteiger charge is 2.14. The van der Waals surface area contributed by atoms with Crippen molar-refractivity contribution in [1.82, 2.24) is 0 Å². The topological polar surface area (TPSA) is 72.8 Å². The Balaban J connectivity index is 2.17. The van der Waals surface area contributed by atoms with Crippen LogP contribution in [0.3, 0.4) is 0 Å². The predicted octanol–water partition coefficient (Wildman–Crippen LogP) is 2.96. The average Bonchev–Trinajstić information content (AvgIpc) is 2.54. The summed E-state index contributed by atoms with van der Waals surface area (Å²) in [6.07, 6.45) is 0.597. The van der Waals surface area contributed by atoms with Gasteiger partial charge in [-0.3, -0.25) is 0 Å². The number of carbonyl (C=O) groups excluding carboxylic acids is 2. The lowest BCUT2D eigenvalue weighted by Crippen LogP contribution is -2.11. The molecule has 2 aromatic carbocycles. The summed E-state index contributed by atoms with van der Waals surface area (Å²) < 4.78 is 9.88. The number of methoxy groups -OCH3 is 1. The van der Waals surface area contributed by atoms with Gasteiger partial charge >= 0.3 is 11.9 Å². The molecule has 0 aromatic heterocycles. The van der Waals surface area contributed by atoms with Gasteiger partial charge in [0.25, 0.3) is 0 Å². The number of rotatable bonds is 4. The molecule has 0 radical (unpaired) electrons. The van der Waals surface area contributed by atoms with Gasteiger partial charge in [-0.2, -0.15) is 0 Å². The van der Waals surface area contributed by atoms with Crippen LogP contribution in [0.25, 0.3) is 0 Å². The van der Waals surface area contributed by atoms with Crippen LogP contribution >= 0.6 is 0 Å². The van der Waals surface area contributed by atoms with Crippen LogP contribution in [0, 0.1) is 0 Å². The second kappa shape index (κ2) is 6.76. The van der Waals surface area contributed by atoms with E-state index in [1.807, 2.05) is 6.92 Å². The molecule has 114 valence electrons. The fraction of sp³-hybridized carbons (Fsp3) is 0.176. The first kappa shape index (κ1) is 15.6. The van der Waals surface area contributed by atoms with Gasteiger partial charge in [0.05, 0.1) is 18.2 Å². The molecule has 0 unspecified atom stereocenters. The van der Waals surface area contributed by atoms with Crippen LogP contribution in [-0.2, 0) is 11.2 Å². The Morgan fingerprint density at radius 2 is 1.73 bits per heavy atom. The first-order valence-corrected chi connectivity index (χ1v) is 6.77. The molecular formula is C17H16O5. The summed E-state index contributed by atoms with van der Waals surface area (Å²) in [5.41, 5.74) is 1.48. The zero-order valence-electron chi connectivity index (χ0n) is 12.3. The van der Waals surface area contributed by atoms with Crippen molar-refractivity contribution >= 4 is 11.9 Å². The van der Waals surface area contributed by atoms with E-state index in [-0.39, 0.29) is 5.75 Å². The van der Waals surface area contributed by atoms with Crippen molar-refractivity contribution in [1.29, 1.82) is 0 Å². The van der Waals surface area contributed by atoms with Crippen molar-refractivity contribution in [3.05, 3.63) is 59.2 Å². The molecule has 5 heteroatoms. The number of esters is 2. The van der Waals surface area contributed by atoms with Gasteiger partial charge in [-0.05, 0) is 54.4 Å². The Morgan fingerprint density at radius 1 is 1.05 bits per heavy atom. The molecule has 0 aliphatic heterocycles. The third-order valence-electron chi connectivity index (χ3n) is 3.18. The molecule has 0 saturated carbocycles. The van der Waals surface area contributed by atoms with Crippen LogP contribution in [0.4, 0.5) is 0 Å². The van der Waals surface area contributed by atoms with Crippen LogP contribution < -0.4 is 4.74 Å². The minimum atomic E-state index is -0.511. The van der Waals surface area contributed by atoms with Gasteiger partial charge in [-0.15, -0.1) is 0 Å². The second-order valence-electron chi connectivity index (χ2n) is 4.60. The molecule has 0 bridgehead atoms. The molecule has 1 N–H and O–H groups in total. The fourth-order valence-corrected chi connectivity index (χ4v) is 2.01. The van der Waals surface area contributed by atoms with Crippen molar-refractivity contribution in [3.63, 3.8) is 0 Å². The molecule has 2 rings (SSSR count). The van der Waals surface area contributed by atoms with Gasteiger partial charge in [0.2, 0.25) is 0 Å². The van der Waals surface area contributed by atoms with Crippen LogP contribution in [0.2, 0.25) is 0 Å². The first-order chi connectivity index (χ1) is 10.5. The quantitative estimate of drug-likeness (QED) is 0.694. The van der Waals surface area contributed by atoms with E-state index in [1.54, 1.807) is 0 Å². The summed E-state index contributed by atoms with van der Waals surface area (Å²) in [7, 11) is 1.30. The minimum absolute atomic E-state index is 0.107. The number of phenols is 1. The molecule has 22 heavy (non-hydrogen) atoms. The Labute approximate surface area is 128 Å². The number of hydrogen-bond donors (Lipinski definition) is 1. The Hall–Kier alpha value is -2.82. The number of benzene rings is 2. The predicted molar refractivity (Wildman–Crippen MR) is 80.2 cm³/mol. The molecular weight excluding hydrogens is 284 g/mol. The molecule has 2 aromatic rings. The second-order valence-corrected chi connectivity index (χ2v) is 4.60. The zero-order valence-corrected chi connectivity index (χ0v) is 12.3. The lowest BCUT2D eigenvalue weighted by Gasteiger charge is -2.09. The maximum absolute atomic E-state index is 12.2. The third kappa shape index (κ3) is 3.44.